The number of thioether (sulfide) groups is 1. The third-order valence-corrected chi connectivity index (χ3v) is 4.69. The van der Waals surface area contributed by atoms with Gasteiger partial charge < -0.3 is 4.74 Å². The summed E-state index contributed by atoms with van der Waals surface area (Å²) < 4.78 is 4.75. The Bertz CT molecular complexity index is 599. The van der Waals surface area contributed by atoms with Gasteiger partial charge in [0.05, 0.1) is 6.61 Å². The van der Waals surface area contributed by atoms with Crippen molar-refractivity contribution in [1.82, 2.24) is 0 Å². The quantitative estimate of drug-likeness (QED) is 0.281. The minimum atomic E-state index is 0.148. The molecule has 0 bridgehead atoms. The van der Waals surface area contributed by atoms with E-state index in [9.17, 15) is 9.59 Å². The summed E-state index contributed by atoms with van der Waals surface area (Å²) >= 11 is 1.71. The van der Waals surface area contributed by atoms with Crippen molar-refractivity contribution in [1.29, 1.82) is 0 Å². The van der Waals surface area contributed by atoms with Crippen molar-refractivity contribution in [2.75, 3.05) is 6.61 Å². The summed E-state index contributed by atoms with van der Waals surface area (Å²) in [4.78, 5) is 23.8. The lowest BCUT2D eigenvalue weighted by Gasteiger charge is -2.16. The van der Waals surface area contributed by atoms with Crippen LogP contribution in [0.3, 0.4) is 0 Å². The summed E-state index contributed by atoms with van der Waals surface area (Å²) in [6, 6.07) is 19.4. The Morgan fingerprint density at radius 1 is 1.04 bits per heavy atom. The number of carbonyl (C=O) groups is 2. The highest BCUT2D eigenvalue weighted by Gasteiger charge is 2.16. The van der Waals surface area contributed by atoms with E-state index in [0.717, 1.165) is 23.3 Å². The summed E-state index contributed by atoms with van der Waals surface area (Å²) in [7, 11) is 0. The Kier molecular flexibility index (Phi) is 7.40. The van der Waals surface area contributed by atoms with Gasteiger partial charge in [0.15, 0.2) is 5.78 Å². The first-order valence-electron chi connectivity index (χ1n) is 7.65. The first-order chi connectivity index (χ1) is 11.3. The first-order valence-corrected chi connectivity index (χ1v) is 8.53. The highest BCUT2D eigenvalue weighted by molar-refractivity contribution is 8.00. The lowest BCUT2D eigenvalue weighted by atomic mass is 10.0. The maximum Gasteiger partial charge on any atom is 0.293 e. The maximum absolute atomic E-state index is 12.4. The summed E-state index contributed by atoms with van der Waals surface area (Å²) in [6.07, 6.45) is 2.06. The molecule has 0 amide bonds. The van der Waals surface area contributed by atoms with Gasteiger partial charge in [0.25, 0.3) is 6.47 Å². The van der Waals surface area contributed by atoms with Gasteiger partial charge in [-0.3, -0.25) is 9.59 Å². The van der Waals surface area contributed by atoms with Gasteiger partial charge in [-0.25, -0.2) is 0 Å². The SMILES string of the molecule is O=COCCCC(CC(=O)c1ccccc1)Sc1ccccc1. The lowest BCUT2D eigenvalue weighted by molar-refractivity contribution is -0.128. The van der Waals surface area contributed by atoms with Gasteiger partial charge in [-0.15, -0.1) is 11.8 Å². The normalized spacial score (nSPS) is 11.7. The number of ketones is 1. The van der Waals surface area contributed by atoms with E-state index in [4.69, 9.17) is 4.74 Å². The second-order valence-electron chi connectivity index (χ2n) is 5.16. The van der Waals surface area contributed by atoms with Crippen molar-refractivity contribution >= 4 is 24.0 Å². The minimum absolute atomic E-state index is 0.148. The zero-order valence-electron chi connectivity index (χ0n) is 12.9. The third kappa shape index (κ3) is 6.28. The zero-order valence-corrected chi connectivity index (χ0v) is 13.7. The molecule has 0 saturated carbocycles. The summed E-state index contributed by atoms with van der Waals surface area (Å²) in [6.45, 7) is 0.864. The van der Waals surface area contributed by atoms with Gasteiger partial charge in [0.2, 0.25) is 0 Å². The Labute approximate surface area is 141 Å². The van der Waals surface area contributed by atoms with Gasteiger partial charge in [0.1, 0.15) is 0 Å². The zero-order chi connectivity index (χ0) is 16.3. The second-order valence-corrected chi connectivity index (χ2v) is 6.53. The molecule has 0 N–H and O–H groups in total. The number of ether oxygens (including phenoxy) is 1. The molecule has 0 fully saturated rings. The molecule has 1 atom stereocenters. The van der Waals surface area contributed by atoms with Crippen LogP contribution in [-0.2, 0) is 9.53 Å². The standard InChI is InChI=1S/C19H20O3S/c20-15-22-13-7-12-18(23-17-10-5-2-6-11-17)14-19(21)16-8-3-1-4-9-16/h1-6,8-11,15,18H,7,12-14H2. The van der Waals surface area contributed by atoms with Crippen LogP contribution in [-0.4, -0.2) is 24.1 Å². The van der Waals surface area contributed by atoms with Crippen molar-refractivity contribution in [3.05, 3.63) is 66.2 Å². The average molecular weight is 328 g/mol. The molecule has 0 aromatic heterocycles. The predicted octanol–water partition coefficient (Wildman–Crippen LogP) is 4.37. The highest BCUT2D eigenvalue weighted by Crippen LogP contribution is 2.29. The fraction of sp³-hybridized carbons (Fsp3) is 0.263. The Hall–Kier alpha value is -2.07. The molecular weight excluding hydrogens is 308 g/mol. The Balaban J connectivity index is 1.97. The molecular formula is C19H20O3S. The number of hydrogen-bond acceptors (Lipinski definition) is 4. The van der Waals surface area contributed by atoms with Crippen LogP contribution in [0.25, 0.3) is 0 Å². The lowest BCUT2D eigenvalue weighted by Crippen LogP contribution is -2.12. The molecule has 0 aliphatic rings. The fourth-order valence-corrected chi connectivity index (χ4v) is 3.50. The summed E-state index contributed by atoms with van der Waals surface area (Å²) in [5.74, 6) is 0.148. The van der Waals surface area contributed by atoms with E-state index >= 15 is 0 Å². The third-order valence-electron chi connectivity index (χ3n) is 3.41. The van der Waals surface area contributed by atoms with E-state index in [2.05, 4.69) is 0 Å². The molecule has 23 heavy (non-hydrogen) atoms. The van der Waals surface area contributed by atoms with Crippen LogP contribution in [0.15, 0.2) is 65.6 Å². The van der Waals surface area contributed by atoms with Gasteiger partial charge in [-0.2, -0.15) is 0 Å². The molecule has 4 heteroatoms. The van der Waals surface area contributed by atoms with Gasteiger partial charge in [-0.1, -0.05) is 48.5 Å². The number of hydrogen-bond donors (Lipinski definition) is 0. The van der Waals surface area contributed by atoms with E-state index in [1.165, 1.54) is 0 Å². The van der Waals surface area contributed by atoms with Crippen molar-refractivity contribution in [2.45, 2.75) is 29.4 Å². The number of Topliss-reactive ketones (excluding diaryl/α,β-unsaturated/α-hetero) is 1. The molecule has 0 saturated heterocycles. The predicted molar refractivity (Wildman–Crippen MR) is 92.7 cm³/mol. The molecule has 0 spiro atoms. The largest absolute Gasteiger partial charge is 0.468 e. The second kappa shape index (κ2) is 9.85. The average Bonchev–Trinajstić information content (AvgIpc) is 2.60. The molecule has 2 aromatic rings. The Morgan fingerprint density at radius 3 is 2.35 bits per heavy atom. The number of carbonyl (C=O) groups excluding carboxylic acids is 2. The molecule has 0 heterocycles. The Morgan fingerprint density at radius 2 is 1.70 bits per heavy atom. The number of rotatable bonds is 10. The van der Waals surface area contributed by atoms with Crippen LogP contribution in [0.5, 0.6) is 0 Å². The molecule has 1 unspecified atom stereocenters. The minimum Gasteiger partial charge on any atom is -0.468 e. The molecule has 0 aliphatic carbocycles. The van der Waals surface area contributed by atoms with E-state index in [0.29, 0.717) is 19.5 Å². The van der Waals surface area contributed by atoms with Crippen LogP contribution in [0.1, 0.15) is 29.6 Å². The van der Waals surface area contributed by atoms with Crippen LogP contribution >= 0.6 is 11.8 Å². The molecule has 2 rings (SSSR count). The van der Waals surface area contributed by atoms with Crippen LogP contribution < -0.4 is 0 Å². The van der Waals surface area contributed by atoms with E-state index in [1.807, 2.05) is 60.7 Å². The molecule has 0 aliphatic heterocycles. The number of benzene rings is 2. The van der Waals surface area contributed by atoms with Crippen LogP contribution in [0, 0.1) is 0 Å². The fourth-order valence-electron chi connectivity index (χ4n) is 2.29. The summed E-state index contributed by atoms with van der Waals surface area (Å²) in [5.41, 5.74) is 0.746. The first kappa shape index (κ1) is 17.3. The maximum atomic E-state index is 12.4. The highest BCUT2D eigenvalue weighted by atomic mass is 32.2. The van der Waals surface area contributed by atoms with Crippen LogP contribution in [0.2, 0.25) is 0 Å². The summed E-state index contributed by atoms with van der Waals surface area (Å²) in [5, 5.41) is 0.167. The van der Waals surface area contributed by atoms with Crippen LogP contribution in [0.4, 0.5) is 0 Å². The molecule has 120 valence electrons. The van der Waals surface area contributed by atoms with E-state index in [-0.39, 0.29) is 11.0 Å². The van der Waals surface area contributed by atoms with Crippen molar-refractivity contribution in [2.24, 2.45) is 0 Å². The molecule has 2 aromatic carbocycles. The van der Waals surface area contributed by atoms with Crippen molar-refractivity contribution in [3.63, 3.8) is 0 Å². The van der Waals surface area contributed by atoms with Gasteiger partial charge >= 0.3 is 0 Å². The van der Waals surface area contributed by atoms with E-state index in [1.54, 1.807) is 11.8 Å². The smallest absolute Gasteiger partial charge is 0.293 e. The monoisotopic (exact) mass is 328 g/mol. The van der Waals surface area contributed by atoms with Gasteiger partial charge in [-0.05, 0) is 25.0 Å². The molecule has 3 nitrogen and oxygen atoms in total. The van der Waals surface area contributed by atoms with Crippen molar-refractivity contribution < 1.29 is 14.3 Å². The van der Waals surface area contributed by atoms with Gasteiger partial charge in [0, 0.05) is 22.1 Å². The topological polar surface area (TPSA) is 43.4 Å². The van der Waals surface area contributed by atoms with E-state index < -0.39 is 0 Å². The van der Waals surface area contributed by atoms with Crippen molar-refractivity contribution in [3.8, 4) is 0 Å². The molecule has 0 radical (unpaired) electrons.